The van der Waals surface area contributed by atoms with Crippen molar-refractivity contribution in [3.05, 3.63) is 0 Å². The summed E-state index contributed by atoms with van der Waals surface area (Å²) in [6, 6.07) is -0.301. The Morgan fingerprint density at radius 1 is 0.870 bits per heavy atom. The van der Waals surface area contributed by atoms with E-state index in [0.717, 1.165) is 25.9 Å². The Hall–Kier alpha value is -0.610. The van der Waals surface area contributed by atoms with Crippen molar-refractivity contribution in [1.82, 2.24) is 5.32 Å². The van der Waals surface area contributed by atoms with Crippen LogP contribution in [0.2, 0.25) is 0 Å². The highest BCUT2D eigenvalue weighted by Gasteiger charge is 2.30. The Labute approximate surface area is 144 Å². The van der Waals surface area contributed by atoms with Gasteiger partial charge in [0.25, 0.3) is 0 Å². The average Bonchev–Trinajstić information content (AvgIpc) is 2.46. The lowest BCUT2D eigenvalue weighted by Crippen LogP contribution is -2.50. The van der Waals surface area contributed by atoms with Gasteiger partial charge in [0.15, 0.2) is 6.04 Å². The minimum absolute atomic E-state index is 0.301. The van der Waals surface area contributed by atoms with E-state index >= 15 is 0 Å². The highest BCUT2D eigenvalue weighted by Crippen LogP contribution is 2.11. The Balaban J connectivity index is 3.38. The normalized spacial score (nSPS) is 13.2. The van der Waals surface area contributed by atoms with Crippen molar-refractivity contribution in [3.8, 4) is 0 Å². The summed E-state index contributed by atoms with van der Waals surface area (Å²) >= 11 is 0. The number of hydrogen-bond donors (Lipinski definition) is 2. The van der Waals surface area contributed by atoms with Crippen LogP contribution in [0.25, 0.3) is 0 Å². The molecule has 0 aromatic rings. The predicted octanol–water partition coefficient (Wildman–Crippen LogP) is 4.05. The van der Waals surface area contributed by atoms with Crippen molar-refractivity contribution in [2.24, 2.45) is 0 Å². The van der Waals surface area contributed by atoms with Gasteiger partial charge in [-0.15, -0.1) is 0 Å². The maximum Gasteiger partial charge on any atom is 0.362 e. The van der Waals surface area contributed by atoms with Gasteiger partial charge in [0.2, 0.25) is 0 Å². The standard InChI is InChI=1S/C19H40N2O2/c1-5-6-7-8-9-10-11-12-13-16-20-17-14-15-18(19(22)23)21(2,3)4/h18,20H,5-17H2,1-4H3/p+1. The molecule has 0 heterocycles. The molecule has 0 aliphatic heterocycles. The molecule has 0 aromatic carbocycles. The molecule has 0 aromatic heterocycles. The number of nitrogens with zero attached hydrogens (tertiary/aromatic N) is 1. The number of carbonyl (C=O) groups is 1. The summed E-state index contributed by atoms with van der Waals surface area (Å²) in [4.78, 5) is 11.3. The van der Waals surface area contributed by atoms with Crippen molar-refractivity contribution in [3.63, 3.8) is 0 Å². The Bertz CT molecular complexity index is 288. The second-order valence-electron chi connectivity index (χ2n) is 7.69. The lowest BCUT2D eigenvalue weighted by Gasteiger charge is -2.31. The molecule has 0 aliphatic rings. The lowest BCUT2D eigenvalue weighted by atomic mass is 10.1. The van der Waals surface area contributed by atoms with E-state index in [1.54, 1.807) is 0 Å². The molecular weight excluding hydrogens is 288 g/mol. The molecule has 0 saturated carbocycles. The molecule has 4 heteroatoms. The highest BCUT2D eigenvalue weighted by molar-refractivity contribution is 5.72. The van der Waals surface area contributed by atoms with Gasteiger partial charge in [-0.05, 0) is 25.9 Å². The third-order valence-corrected chi connectivity index (χ3v) is 4.51. The fourth-order valence-electron chi connectivity index (χ4n) is 2.95. The summed E-state index contributed by atoms with van der Waals surface area (Å²) in [5.41, 5.74) is 0. The fraction of sp³-hybridized carbons (Fsp3) is 0.947. The first-order valence-corrected chi connectivity index (χ1v) is 9.64. The van der Waals surface area contributed by atoms with Gasteiger partial charge in [-0.2, -0.15) is 0 Å². The van der Waals surface area contributed by atoms with E-state index in [2.05, 4.69) is 12.2 Å². The number of unbranched alkanes of at least 4 members (excludes halogenated alkanes) is 8. The molecule has 1 atom stereocenters. The lowest BCUT2D eigenvalue weighted by molar-refractivity contribution is -0.887. The first-order chi connectivity index (χ1) is 10.9. The van der Waals surface area contributed by atoms with Crippen LogP contribution in [-0.4, -0.2) is 55.8 Å². The van der Waals surface area contributed by atoms with Crippen LogP contribution in [-0.2, 0) is 4.79 Å². The van der Waals surface area contributed by atoms with E-state index in [0.29, 0.717) is 4.48 Å². The second-order valence-corrected chi connectivity index (χ2v) is 7.69. The van der Waals surface area contributed by atoms with Crippen LogP contribution >= 0.6 is 0 Å². The Morgan fingerprint density at radius 2 is 1.35 bits per heavy atom. The third kappa shape index (κ3) is 13.5. The Kier molecular flexibility index (Phi) is 13.4. The Morgan fingerprint density at radius 3 is 1.83 bits per heavy atom. The van der Waals surface area contributed by atoms with Crippen LogP contribution in [0, 0.1) is 0 Å². The number of quaternary nitrogens is 1. The largest absolute Gasteiger partial charge is 0.477 e. The molecule has 1 unspecified atom stereocenters. The quantitative estimate of drug-likeness (QED) is 0.332. The minimum Gasteiger partial charge on any atom is -0.477 e. The van der Waals surface area contributed by atoms with Gasteiger partial charge in [-0.25, -0.2) is 4.79 Å². The summed E-state index contributed by atoms with van der Waals surface area (Å²) in [6.45, 7) is 4.26. The zero-order valence-electron chi connectivity index (χ0n) is 16.1. The van der Waals surface area contributed by atoms with E-state index in [9.17, 15) is 9.90 Å². The summed E-state index contributed by atoms with van der Waals surface area (Å²) in [5, 5.41) is 12.7. The van der Waals surface area contributed by atoms with E-state index in [-0.39, 0.29) is 6.04 Å². The van der Waals surface area contributed by atoms with Crippen molar-refractivity contribution >= 4 is 5.97 Å². The molecule has 0 radical (unpaired) electrons. The topological polar surface area (TPSA) is 49.3 Å². The molecule has 138 valence electrons. The van der Waals surface area contributed by atoms with E-state index in [1.807, 2.05) is 21.1 Å². The van der Waals surface area contributed by atoms with E-state index < -0.39 is 5.97 Å². The molecule has 0 rings (SSSR count). The second kappa shape index (κ2) is 13.8. The van der Waals surface area contributed by atoms with Crippen LogP contribution in [0.5, 0.6) is 0 Å². The highest BCUT2D eigenvalue weighted by atomic mass is 16.4. The number of aliphatic carboxylic acids is 1. The molecular formula is C19H41N2O2+. The summed E-state index contributed by atoms with van der Waals surface area (Å²) in [7, 11) is 5.86. The summed E-state index contributed by atoms with van der Waals surface area (Å²) in [5.74, 6) is -0.684. The van der Waals surface area contributed by atoms with Crippen molar-refractivity contribution in [2.45, 2.75) is 83.6 Å². The molecule has 0 aliphatic carbocycles. The van der Waals surface area contributed by atoms with Gasteiger partial charge < -0.3 is 14.9 Å². The molecule has 23 heavy (non-hydrogen) atoms. The zero-order chi connectivity index (χ0) is 17.6. The molecule has 0 bridgehead atoms. The number of rotatable bonds is 16. The third-order valence-electron chi connectivity index (χ3n) is 4.51. The van der Waals surface area contributed by atoms with Gasteiger partial charge in [-0.3, -0.25) is 0 Å². The maximum absolute atomic E-state index is 11.3. The van der Waals surface area contributed by atoms with Crippen LogP contribution in [0.15, 0.2) is 0 Å². The van der Waals surface area contributed by atoms with E-state index in [4.69, 9.17) is 0 Å². The predicted molar refractivity (Wildman–Crippen MR) is 98.8 cm³/mol. The number of likely N-dealkylation sites (N-methyl/N-ethyl adjacent to an activating group) is 1. The van der Waals surface area contributed by atoms with Crippen molar-refractivity contribution in [2.75, 3.05) is 34.2 Å². The van der Waals surface area contributed by atoms with Gasteiger partial charge in [-0.1, -0.05) is 58.3 Å². The zero-order valence-corrected chi connectivity index (χ0v) is 16.1. The summed E-state index contributed by atoms with van der Waals surface area (Å²) in [6.07, 6.45) is 13.9. The minimum atomic E-state index is -0.684. The van der Waals surface area contributed by atoms with Gasteiger partial charge in [0, 0.05) is 6.42 Å². The van der Waals surface area contributed by atoms with Gasteiger partial charge in [0.05, 0.1) is 21.1 Å². The fourth-order valence-corrected chi connectivity index (χ4v) is 2.95. The number of nitrogens with one attached hydrogen (secondary N) is 1. The first-order valence-electron chi connectivity index (χ1n) is 9.64. The molecule has 0 spiro atoms. The van der Waals surface area contributed by atoms with E-state index in [1.165, 1.54) is 57.8 Å². The average molecular weight is 330 g/mol. The number of carboxylic acid groups (broad SMARTS) is 1. The molecule has 2 N–H and O–H groups in total. The van der Waals surface area contributed by atoms with Crippen molar-refractivity contribution in [1.29, 1.82) is 0 Å². The number of hydrogen-bond acceptors (Lipinski definition) is 2. The molecule has 0 amide bonds. The maximum atomic E-state index is 11.3. The summed E-state index contributed by atoms with van der Waals surface area (Å²) < 4.78 is 0.494. The van der Waals surface area contributed by atoms with Gasteiger partial charge >= 0.3 is 5.97 Å². The molecule has 0 saturated heterocycles. The monoisotopic (exact) mass is 329 g/mol. The van der Waals surface area contributed by atoms with Crippen LogP contribution < -0.4 is 5.32 Å². The molecule has 0 fully saturated rings. The van der Waals surface area contributed by atoms with Crippen LogP contribution in [0.3, 0.4) is 0 Å². The smallest absolute Gasteiger partial charge is 0.362 e. The SMILES string of the molecule is CCCCCCCCCCCNCCCC(C(=O)O)[N+](C)(C)C. The van der Waals surface area contributed by atoms with Crippen LogP contribution in [0.1, 0.15) is 77.6 Å². The van der Waals surface area contributed by atoms with Crippen LogP contribution in [0.4, 0.5) is 0 Å². The first kappa shape index (κ1) is 22.4. The van der Waals surface area contributed by atoms with Crippen molar-refractivity contribution < 1.29 is 14.4 Å². The number of carboxylic acids is 1. The molecule has 4 nitrogen and oxygen atoms in total. The van der Waals surface area contributed by atoms with Gasteiger partial charge in [0.1, 0.15) is 0 Å².